The number of para-hydroxylation sites is 2. The first-order valence-electron chi connectivity index (χ1n) is 9.10. The van der Waals surface area contributed by atoms with Gasteiger partial charge in [0.2, 0.25) is 11.8 Å². The van der Waals surface area contributed by atoms with Crippen LogP contribution in [0.2, 0.25) is 0 Å². The van der Waals surface area contributed by atoms with E-state index in [9.17, 15) is 19.7 Å². The highest BCUT2D eigenvalue weighted by Crippen LogP contribution is 2.33. The van der Waals surface area contributed by atoms with Gasteiger partial charge in [-0.2, -0.15) is 0 Å². The van der Waals surface area contributed by atoms with Gasteiger partial charge in [-0.1, -0.05) is 24.3 Å². The second-order valence-corrected chi connectivity index (χ2v) is 6.64. The number of nitrogens with zero attached hydrogens (tertiary/aromatic N) is 3. The van der Waals surface area contributed by atoms with Crippen molar-refractivity contribution in [3.8, 4) is 22.9 Å². The van der Waals surface area contributed by atoms with Crippen LogP contribution in [0.3, 0.4) is 0 Å². The van der Waals surface area contributed by atoms with Gasteiger partial charge in [-0.15, -0.1) is 0 Å². The summed E-state index contributed by atoms with van der Waals surface area (Å²) in [4.78, 5) is 44.2. The molecule has 0 saturated heterocycles. The fourth-order valence-corrected chi connectivity index (χ4v) is 3.27. The van der Waals surface area contributed by atoms with Crippen molar-refractivity contribution < 1.29 is 13.8 Å². The van der Waals surface area contributed by atoms with Crippen LogP contribution in [0.5, 0.6) is 0 Å². The number of benzene rings is 3. The predicted octanol–water partition coefficient (Wildman–Crippen LogP) is 3.93. The number of rotatable bonds is 3. The van der Waals surface area contributed by atoms with Crippen molar-refractivity contribution in [2.75, 3.05) is 0 Å². The molecule has 0 amide bonds. The second-order valence-electron chi connectivity index (χ2n) is 6.64. The lowest BCUT2D eigenvalue weighted by molar-refractivity contribution is -0.384. The van der Waals surface area contributed by atoms with Crippen molar-refractivity contribution in [1.82, 2.24) is 9.97 Å². The minimum absolute atomic E-state index is 0.0136. The molecule has 9 nitrogen and oxygen atoms in total. The molecule has 0 unspecified atom stereocenters. The Morgan fingerprint density at radius 3 is 1.90 bits per heavy atom. The van der Waals surface area contributed by atoms with Crippen molar-refractivity contribution in [3.63, 3.8) is 0 Å². The van der Waals surface area contributed by atoms with Crippen molar-refractivity contribution in [2.45, 2.75) is 0 Å². The molecule has 2 heterocycles. The Morgan fingerprint density at radius 1 is 0.742 bits per heavy atom. The largest absolute Gasteiger partial charge is 0.403 e. The fraction of sp³-hybridized carbons (Fsp3) is 0. The third-order valence-corrected chi connectivity index (χ3v) is 4.74. The highest BCUT2D eigenvalue weighted by molar-refractivity contribution is 5.81. The second kappa shape index (κ2) is 6.99. The monoisotopic (exact) mass is 413 g/mol. The first-order chi connectivity index (χ1) is 15.0. The molecule has 2 aromatic heterocycles. The van der Waals surface area contributed by atoms with E-state index < -0.39 is 16.2 Å². The molecule has 5 rings (SSSR count). The molecule has 0 aliphatic carbocycles. The van der Waals surface area contributed by atoms with E-state index in [2.05, 4.69) is 9.97 Å². The van der Waals surface area contributed by atoms with Crippen molar-refractivity contribution in [1.29, 1.82) is 0 Å². The summed E-state index contributed by atoms with van der Waals surface area (Å²) in [5.74, 6) is -0.249. The van der Waals surface area contributed by atoms with Gasteiger partial charge in [0.1, 0.15) is 5.56 Å². The molecule has 0 spiro atoms. The maximum absolute atomic E-state index is 12.3. The van der Waals surface area contributed by atoms with Gasteiger partial charge in [-0.25, -0.2) is 19.6 Å². The van der Waals surface area contributed by atoms with Crippen molar-refractivity contribution in [3.05, 3.63) is 97.7 Å². The van der Waals surface area contributed by atoms with E-state index in [0.717, 1.165) is 0 Å². The number of nitro benzene ring substituents is 1. The third-order valence-electron chi connectivity index (χ3n) is 4.74. The summed E-state index contributed by atoms with van der Waals surface area (Å²) >= 11 is 0. The highest BCUT2D eigenvalue weighted by Gasteiger charge is 2.22. The van der Waals surface area contributed by atoms with Crippen LogP contribution in [0.4, 0.5) is 5.69 Å². The molecule has 0 saturated carbocycles. The average Bonchev–Trinajstić information content (AvgIpc) is 2.78. The van der Waals surface area contributed by atoms with Crippen LogP contribution in [0.25, 0.3) is 44.7 Å². The van der Waals surface area contributed by atoms with Gasteiger partial charge in [-0.3, -0.25) is 10.1 Å². The summed E-state index contributed by atoms with van der Waals surface area (Å²) < 4.78 is 10.5. The first-order valence-corrected chi connectivity index (χ1v) is 9.10. The van der Waals surface area contributed by atoms with Crippen LogP contribution in [0.1, 0.15) is 0 Å². The van der Waals surface area contributed by atoms with E-state index >= 15 is 0 Å². The van der Waals surface area contributed by atoms with Crippen molar-refractivity contribution >= 4 is 27.5 Å². The maximum atomic E-state index is 12.3. The summed E-state index contributed by atoms with van der Waals surface area (Å²) in [6.07, 6.45) is 0. The lowest BCUT2D eigenvalue weighted by Gasteiger charge is -2.05. The smallest absolute Gasteiger partial charge is 0.347 e. The molecule has 0 aliphatic rings. The molecule has 0 N–H and O–H groups in total. The summed E-state index contributed by atoms with van der Waals surface area (Å²) in [5, 5.41) is 12.3. The van der Waals surface area contributed by atoms with Crippen LogP contribution >= 0.6 is 0 Å². The van der Waals surface area contributed by atoms with E-state index in [1.54, 1.807) is 48.5 Å². The summed E-state index contributed by atoms with van der Waals surface area (Å²) in [6, 6.07) is 17.2. The van der Waals surface area contributed by atoms with E-state index in [4.69, 9.17) is 8.83 Å². The first kappa shape index (κ1) is 18.4. The average molecular weight is 413 g/mol. The lowest BCUT2D eigenvalue weighted by atomic mass is 10.1. The van der Waals surface area contributed by atoms with E-state index in [0.29, 0.717) is 16.4 Å². The number of nitro groups is 1. The quantitative estimate of drug-likeness (QED) is 0.321. The highest BCUT2D eigenvalue weighted by atomic mass is 16.6. The van der Waals surface area contributed by atoms with Gasteiger partial charge in [-0.05, 0) is 36.4 Å². The zero-order valence-electron chi connectivity index (χ0n) is 15.6. The normalized spacial score (nSPS) is 11.1. The van der Waals surface area contributed by atoms with Crippen LogP contribution in [-0.4, -0.2) is 14.9 Å². The van der Waals surface area contributed by atoms with Gasteiger partial charge in [0.05, 0.1) is 26.7 Å². The zero-order chi connectivity index (χ0) is 21.5. The van der Waals surface area contributed by atoms with Crippen LogP contribution in [0, 0.1) is 10.1 Å². The Labute approximate surface area is 172 Å². The Morgan fingerprint density at radius 2 is 1.29 bits per heavy atom. The maximum Gasteiger partial charge on any atom is 0.347 e. The molecule has 5 aromatic rings. The fourth-order valence-electron chi connectivity index (χ4n) is 3.27. The minimum atomic E-state index is -0.652. The van der Waals surface area contributed by atoms with Gasteiger partial charge < -0.3 is 8.83 Å². The Hall–Kier alpha value is -4.66. The topological polar surface area (TPSA) is 129 Å². The number of aromatic nitrogens is 2. The summed E-state index contributed by atoms with van der Waals surface area (Å²) in [7, 11) is 0. The van der Waals surface area contributed by atoms with Crippen LogP contribution in [0.15, 0.2) is 85.2 Å². The zero-order valence-corrected chi connectivity index (χ0v) is 15.6. The molecule has 0 atom stereocenters. The van der Waals surface area contributed by atoms with Crippen molar-refractivity contribution in [2.24, 2.45) is 0 Å². The van der Waals surface area contributed by atoms with Gasteiger partial charge in [0.25, 0.3) is 5.69 Å². The predicted molar refractivity (Wildman–Crippen MR) is 112 cm³/mol. The molecule has 0 bridgehead atoms. The minimum Gasteiger partial charge on any atom is -0.403 e. The Bertz CT molecular complexity index is 1620. The Kier molecular flexibility index (Phi) is 4.14. The van der Waals surface area contributed by atoms with Gasteiger partial charge >= 0.3 is 11.3 Å². The van der Waals surface area contributed by atoms with Crippen LogP contribution in [-0.2, 0) is 0 Å². The molecule has 3 aromatic carbocycles. The summed E-state index contributed by atoms with van der Waals surface area (Å²) in [5.41, 5.74) is -0.630. The van der Waals surface area contributed by atoms with Gasteiger partial charge in [0.15, 0.2) is 0 Å². The number of hydrogen-bond donors (Lipinski definition) is 0. The van der Waals surface area contributed by atoms with E-state index in [1.807, 2.05) is 0 Å². The SMILES string of the molecule is O=c1oc(-c2ccc(-c3nc4ccccc4c(=O)o3)c([N+](=O)[O-])c2)nc2ccccc12. The van der Waals surface area contributed by atoms with E-state index in [-0.39, 0.29) is 34.0 Å². The molecular weight excluding hydrogens is 402 g/mol. The lowest BCUT2D eigenvalue weighted by Crippen LogP contribution is -2.05. The molecule has 0 aliphatic heterocycles. The molecule has 0 fully saturated rings. The molecular formula is C22H11N3O6. The molecule has 9 heteroatoms. The number of hydrogen-bond acceptors (Lipinski definition) is 8. The van der Waals surface area contributed by atoms with Gasteiger partial charge in [0, 0.05) is 11.6 Å². The Balaban J connectivity index is 1.70. The van der Waals surface area contributed by atoms with Crippen LogP contribution < -0.4 is 11.3 Å². The van der Waals surface area contributed by atoms with E-state index in [1.165, 1.54) is 18.2 Å². The standard InChI is InChI=1S/C22H11N3O6/c26-21-13-5-1-3-7-16(13)23-19(30-21)12-9-10-15(18(11-12)25(28)29)20-24-17-8-4-2-6-14(17)22(27)31-20/h1-11H. The molecule has 31 heavy (non-hydrogen) atoms. The summed E-state index contributed by atoms with van der Waals surface area (Å²) in [6.45, 7) is 0. The molecule has 0 radical (unpaired) electrons. The third kappa shape index (κ3) is 3.14. The number of fused-ring (bicyclic) bond motifs is 2. The molecule has 150 valence electrons.